The summed E-state index contributed by atoms with van der Waals surface area (Å²) in [6, 6.07) is 3.81. The molecular weight excluding hydrogens is 257 g/mol. The van der Waals surface area contributed by atoms with Gasteiger partial charge < -0.3 is 5.11 Å². The van der Waals surface area contributed by atoms with Crippen molar-refractivity contribution in [3.63, 3.8) is 0 Å². The van der Waals surface area contributed by atoms with Crippen molar-refractivity contribution in [2.45, 2.75) is 31.4 Å². The SMILES string of the molecule is O[C@@H]1Cc2c(Cl)cc(Cl)cc2[C@H]1N1CCCC1. The van der Waals surface area contributed by atoms with E-state index in [1.54, 1.807) is 6.07 Å². The standard InChI is InChI=1S/C13H15Cl2NO/c14-8-5-10-9(11(15)6-8)7-12(17)13(10)16-3-1-2-4-16/h5-6,12-13,17H,1-4,7H2/t12-,13-/m1/s1. The molecule has 1 saturated heterocycles. The first-order valence-corrected chi connectivity index (χ1v) is 6.82. The lowest BCUT2D eigenvalue weighted by Crippen LogP contribution is -2.31. The monoisotopic (exact) mass is 271 g/mol. The maximum Gasteiger partial charge on any atom is 0.0778 e. The number of hydrogen-bond acceptors (Lipinski definition) is 2. The summed E-state index contributed by atoms with van der Waals surface area (Å²) in [4.78, 5) is 2.35. The fourth-order valence-corrected chi connectivity index (χ4v) is 3.68. The molecule has 1 fully saturated rings. The first kappa shape index (κ1) is 11.8. The van der Waals surface area contributed by atoms with Crippen molar-refractivity contribution in [1.82, 2.24) is 4.90 Å². The molecule has 2 aliphatic rings. The summed E-state index contributed by atoms with van der Waals surface area (Å²) in [6.07, 6.45) is 2.73. The summed E-state index contributed by atoms with van der Waals surface area (Å²) in [6.45, 7) is 2.12. The Kier molecular flexibility index (Phi) is 3.07. The number of benzene rings is 1. The summed E-state index contributed by atoms with van der Waals surface area (Å²) < 4.78 is 0. The number of fused-ring (bicyclic) bond motifs is 1. The van der Waals surface area contributed by atoms with Gasteiger partial charge in [-0.2, -0.15) is 0 Å². The Bertz CT molecular complexity index is 443. The van der Waals surface area contributed by atoms with Crippen LogP contribution in [0.1, 0.15) is 30.0 Å². The van der Waals surface area contributed by atoms with Crippen molar-refractivity contribution in [2.24, 2.45) is 0 Å². The molecule has 92 valence electrons. The maximum atomic E-state index is 10.2. The van der Waals surface area contributed by atoms with Crippen molar-refractivity contribution in [3.8, 4) is 0 Å². The molecule has 3 rings (SSSR count). The van der Waals surface area contributed by atoms with Crippen LogP contribution in [-0.4, -0.2) is 29.2 Å². The van der Waals surface area contributed by atoms with Gasteiger partial charge in [-0.25, -0.2) is 0 Å². The van der Waals surface area contributed by atoms with E-state index in [1.165, 1.54) is 12.8 Å². The molecule has 2 nitrogen and oxygen atoms in total. The van der Waals surface area contributed by atoms with Gasteiger partial charge in [0.15, 0.2) is 0 Å². The van der Waals surface area contributed by atoms with Crippen molar-refractivity contribution >= 4 is 23.2 Å². The van der Waals surface area contributed by atoms with Gasteiger partial charge in [0.2, 0.25) is 0 Å². The average Bonchev–Trinajstić information content (AvgIpc) is 2.84. The summed E-state index contributed by atoms with van der Waals surface area (Å²) >= 11 is 12.3. The normalized spacial score (nSPS) is 28.6. The second-order valence-electron chi connectivity index (χ2n) is 4.91. The van der Waals surface area contributed by atoms with Crippen LogP contribution < -0.4 is 0 Å². The molecule has 1 aromatic rings. The van der Waals surface area contributed by atoms with E-state index in [9.17, 15) is 5.11 Å². The molecule has 0 amide bonds. The highest BCUT2D eigenvalue weighted by Crippen LogP contribution is 2.42. The molecule has 1 aromatic carbocycles. The molecular formula is C13H15Cl2NO. The van der Waals surface area contributed by atoms with Crippen LogP contribution in [0.15, 0.2) is 12.1 Å². The molecule has 4 heteroatoms. The number of aliphatic hydroxyl groups is 1. The fourth-order valence-electron chi connectivity index (χ4n) is 3.09. The van der Waals surface area contributed by atoms with E-state index in [4.69, 9.17) is 23.2 Å². The van der Waals surface area contributed by atoms with Crippen LogP contribution in [0.25, 0.3) is 0 Å². The summed E-state index contributed by atoms with van der Waals surface area (Å²) in [5, 5.41) is 11.6. The number of halogens is 2. The molecule has 0 bridgehead atoms. The Labute approximate surface area is 111 Å². The second kappa shape index (κ2) is 4.43. The molecule has 17 heavy (non-hydrogen) atoms. The Balaban J connectivity index is 2.02. The minimum Gasteiger partial charge on any atom is -0.391 e. The smallest absolute Gasteiger partial charge is 0.0778 e. The average molecular weight is 272 g/mol. The Hall–Kier alpha value is -0.280. The molecule has 1 aliphatic carbocycles. The van der Waals surface area contributed by atoms with Crippen LogP contribution >= 0.6 is 23.2 Å². The topological polar surface area (TPSA) is 23.5 Å². The van der Waals surface area contributed by atoms with Gasteiger partial charge >= 0.3 is 0 Å². The number of hydrogen-bond donors (Lipinski definition) is 1. The van der Waals surface area contributed by atoms with Crippen LogP contribution in [0, 0.1) is 0 Å². The van der Waals surface area contributed by atoms with Crippen molar-refractivity contribution in [3.05, 3.63) is 33.3 Å². The summed E-state index contributed by atoms with van der Waals surface area (Å²) in [5.74, 6) is 0. The van der Waals surface area contributed by atoms with E-state index in [-0.39, 0.29) is 12.1 Å². The highest BCUT2D eigenvalue weighted by atomic mass is 35.5. The number of likely N-dealkylation sites (tertiary alicyclic amines) is 1. The van der Waals surface area contributed by atoms with Crippen LogP contribution in [0.2, 0.25) is 10.0 Å². The van der Waals surface area contributed by atoms with Crippen molar-refractivity contribution in [2.75, 3.05) is 13.1 Å². The highest BCUT2D eigenvalue weighted by Gasteiger charge is 2.37. The van der Waals surface area contributed by atoms with Gasteiger partial charge in [-0.15, -0.1) is 0 Å². The molecule has 1 aliphatic heterocycles. The van der Waals surface area contributed by atoms with Crippen molar-refractivity contribution in [1.29, 1.82) is 0 Å². The van der Waals surface area contributed by atoms with Crippen LogP contribution in [0.4, 0.5) is 0 Å². The molecule has 0 saturated carbocycles. The van der Waals surface area contributed by atoms with E-state index in [2.05, 4.69) is 4.90 Å². The van der Waals surface area contributed by atoms with E-state index in [0.717, 1.165) is 24.2 Å². The van der Waals surface area contributed by atoms with Gasteiger partial charge in [-0.1, -0.05) is 23.2 Å². The molecule has 1 N–H and O–H groups in total. The van der Waals surface area contributed by atoms with E-state index >= 15 is 0 Å². The minimum atomic E-state index is -0.348. The van der Waals surface area contributed by atoms with Gasteiger partial charge in [-0.05, 0) is 49.2 Å². The molecule has 0 radical (unpaired) electrons. The quantitative estimate of drug-likeness (QED) is 0.849. The molecule has 0 unspecified atom stereocenters. The zero-order chi connectivity index (χ0) is 12.0. The number of aliphatic hydroxyl groups excluding tert-OH is 1. The molecule has 0 spiro atoms. The molecule has 2 atom stereocenters. The first-order chi connectivity index (χ1) is 8.16. The zero-order valence-electron chi connectivity index (χ0n) is 9.50. The van der Waals surface area contributed by atoms with E-state index in [0.29, 0.717) is 16.5 Å². The zero-order valence-corrected chi connectivity index (χ0v) is 11.0. The van der Waals surface area contributed by atoms with E-state index in [1.807, 2.05) is 6.07 Å². The minimum absolute atomic E-state index is 0.0868. The van der Waals surface area contributed by atoms with Crippen molar-refractivity contribution < 1.29 is 5.11 Å². The Morgan fingerprint density at radius 1 is 1.18 bits per heavy atom. The third-order valence-electron chi connectivity index (χ3n) is 3.83. The summed E-state index contributed by atoms with van der Waals surface area (Å²) in [7, 11) is 0. The maximum absolute atomic E-state index is 10.2. The lowest BCUT2D eigenvalue weighted by molar-refractivity contribution is 0.0753. The fraction of sp³-hybridized carbons (Fsp3) is 0.538. The van der Waals surface area contributed by atoms with Crippen LogP contribution in [0.3, 0.4) is 0 Å². The van der Waals surface area contributed by atoms with Gasteiger partial charge in [0.1, 0.15) is 0 Å². The summed E-state index contributed by atoms with van der Waals surface area (Å²) in [5.41, 5.74) is 2.19. The number of rotatable bonds is 1. The first-order valence-electron chi connectivity index (χ1n) is 6.07. The predicted octanol–water partition coefficient (Wildman–Crippen LogP) is 3.05. The Morgan fingerprint density at radius 3 is 2.59 bits per heavy atom. The van der Waals surface area contributed by atoms with Gasteiger partial charge in [0, 0.05) is 16.5 Å². The lowest BCUT2D eigenvalue weighted by Gasteiger charge is -2.27. The third-order valence-corrected chi connectivity index (χ3v) is 4.38. The van der Waals surface area contributed by atoms with Gasteiger partial charge in [-0.3, -0.25) is 4.90 Å². The lowest BCUT2D eigenvalue weighted by atomic mass is 10.1. The van der Waals surface area contributed by atoms with E-state index < -0.39 is 0 Å². The van der Waals surface area contributed by atoms with Crippen LogP contribution in [-0.2, 0) is 6.42 Å². The second-order valence-corrected chi connectivity index (χ2v) is 5.76. The number of nitrogens with zero attached hydrogens (tertiary/aromatic N) is 1. The molecule has 1 heterocycles. The third kappa shape index (κ3) is 1.97. The van der Waals surface area contributed by atoms with Gasteiger partial charge in [0.25, 0.3) is 0 Å². The van der Waals surface area contributed by atoms with Gasteiger partial charge in [0.05, 0.1) is 12.1 Å². The Morgan fingerprint density at radius 2 is 1.88 bits per heavy atom. The largest absolute Gasteiger partial charge is 0.391 e. The molecule has 0 aromatic heterocycles. The predicted molar refractivity (Wildman–Crippen MR) is 69.7 cm³/mol. The van der Waals surface area contributed by atoms with Crippen LogP contribution in [0.5, 0.6) is 0 Å². The highest BCUT2D eigenvalue weighted by molar-refractivity contribution is 6.35.